The molecule has 1 aliphatic carbocycles. The van der Waals surface area contributed by atoms with Crippen LogP contribution in [0.1, 0.15) is 74.8 Å². The Labute approximate surface area is 210 Å². The van der Waals surface area contributed by atoms with Crippen molar-refractivity contribution in [1.82, 2.24) is 0 Å². The summed E-state index contributed by atoms with van der Waals surface area (Å²) in [5.74, 6) is -4.29. The monoisotopic (exact) mass is 500 g/mol. The van der Waals surface area contributed by atoms with Crippen LogP contribution in [0.25, 0.3) is 11.1 Å². The molecule has 1 atom stereocenters. The van der Waals surface area contributed by atoms with Gasteiger partial charge in [-0.1, -0.05) is 29.8 Å². The number of nitrogens with one attached hydrogen (secondary N) is 2. The van der Waals surface area contributed by atoms with Gasteiger partial charge in [0.2, 0.25) is 11.8 Å². The Kier molecular flexibility index (Phi) is 6.40. The third-order valence-electron chi connectivity index (χ3n) is 7.22. The van der Waals surface area contributed by atoms with Crippen LogP contribution in [0.2, 0.25) is 0 Å². The van der Waals surface area contributed by atoms with E-state index in [-0.39, 0.29) is 31.6 Å². The Morgan fingerprint density at radius 2 is 1.58 bits per heavy atom. The fraction of sp³-hybridized carbons (Fsp3) is 0.500. The third kappa shape index (κ3) is 4.71. The molecule has 2 aromatic carbocycles. The highest BCUT2D eigenvalue weighted by Gasteiger charge is 2.50. The summed E-state index contributed by atoms with van der Waals surface area (Å²) in [6.07, 6.45) is -2.01. The van der Waals surface area contributed by atoms with E-state index in [1.165, 1.54) is 0 Å². The van der Waals surface area contributed by atoms with Gasteiger partial charge in [0.25, 0.3) is 0 Å². The zero-order valence-corrected chi connectivity index (χ0v) is 21.6. The summed E-state index contributed by atoms with van der Waals surface area (Å²) in [7, 11) is 0. The minimum Gasteiger partial charge on any atom is -0.479 e. The number of hydrogen-bond donors (Lipinski definition) is 3. The molecule has 0 saturated heterocycles. The summed E-state index contributed by atoms with van der Waals surface area (Å²) in [5.41, 5.74) is 3.55. The average Bonchev–Trinajstić information content (AvgIpc) is 2.78. The van der Waals surface area contributed by atoms with Gasteiger partial charge in [-0.3, -0.25) is 4.79 Å². The fourth-order valence-electron chi connectivity index (χ4n) is 5.27. The molecule has 1 aliphatic heterocycles. The van der Waals surface area contributed by atoms with Gasteiger partial charge in [0.05, 0.1) is 17.0 Å². The average molecular weight is 501 g/mol. The van der Waals surface area contributed by atoms with Crippen LogP contribution in [0, 0.1) is 20.8 Å². The van der Waals surface area contributed by atoms with Crippen molar-refractivity contribution in [3.63, 3.8) is 0 Å². The number of halogens is 2. The number of ether oxygens (including phenoxy) is 1. The molecule has 6 nitrogen and oxygen atoms in total. The Hall–Kier alpha value is -3.00. The smallest absolute Gasteiger partial charge is 0.337 e. The number of fused-ring (bicyclic) bond motifs is 1. The number of rotatable bonds is 4. The van der Waals surface area contributed by atoms with Gasteiger partial charge in [0.1, 0.15) is 5.54 Å². The molecule has 1 fully saturated rings. The van der Waals surface area contributed by atoms with Gasteiger partial charge >= 0.3 is 5.97 Å². The van der Waals surface area contributed by atoms with Crippen LogP contribution < -0.4 is 10.6 Å². The number of carboxylic acid groups (broad SMARTS) is 1. The maximum Gasteiger partial charge on any atom is 0.337 e. The fourth-order valence-corrected chi connectivity index (χ4v) is 5.27. The van der Waals surface area contributed by atoms with Gasteiger partial charge in [-0.25, -0.2) is 13.6 Å². The van der Waals surface area contributed by atoms with Crippen molar-refractivity contribution in [3.05, 3.63) is 46.5 Å². The zero-order valence-electron chi connectivity index (χ0n) is 21.6. The first-order valence-electron chi connectivity index (χ1n) is 12.3. The normalized spacial score (nSPS) is 19.3. The number of alkyl halides is 2. The van der Waals surface area contributed by atoms with E-state index in [2.05, 4.69) is 10.6 Å². The van der Waals surface area contributed by atoms with E-state index in [0.29, 0.717) is 28.1 Å². The minimum atomic E-state index is -2.78. The zero-order chi connectivity index (χ0) is 26.6. The standard InChI is InChI=1S/C28H34F2N2O4/c1-15-7-9-18(10-8-15)19-16(2)22-21(17(3)20(19)23(24(33)34)36-26(4,5)6)31-25(35)27(32-22)11-13-28(29,30)14-12-27/h7-10,23,32H,11-14H2,1-6H3,(H,31,35)(H,33,34)/t23-/m0/s1. The number of amides is 1. The first-order valence-corrected chi connectivity index (χ1v) is 12.3. The predicted molar refractivity (Wildman–Crippen MR) is 136 cm³/mol. The number of carboxylic acids is 1. The minimum absolute atomic E-state index is 0.0102. The van der Waals surface area contributed by atoms with Crippen molar-refractivity contribution < 1.29 is 28.2 Å². The van der Waals surface area contributed by atoms with Gasteiger partial charge in [-0.15, -0.1) is 0 Å². The first-order chi connectivity index (χ1) is 16.6. The summed E-state index contributed by atoms with van der Waals surface area (Å²) in [5, 5.41) is 16.5. The molecule has 4 rings (SSSR count). The first kappa shape index (κ1) is 26.1. The van der Waals surface area contributed by atoms with Gasteiger partial charge in [-0.2, -0.15) is 0 Å². The van der Waals surface area contributed by atoms with Crippen LogP contribution in [-0.2, 0) is 14.3 Å². The molecule has 1 spiro atoms. The number of aliphatic carboxylic acids is 1. The number of hydrogen-bond acceptors (Lipinski definition) is 4. The highest BCUT2D eigenvalue weighted by Crippen LogP contribution is 2.50. The molecular weight excluding hydrogens is 466 g/mol. The SMILES string of the molecule is Cc1ccc(-c2c(C)c3c(c(C)c2[C@H](OC(C)(C)C)C(=O)O)NC(=O)C2(CCC(F)(F)CC2)N3)cc1. The number of anilines is 2. The van der Waals surface area contributed by atoms with Crippen molar-refractivity contribution in [1.29, 1.82) is 0 Å². The second-order valence-corrected chi connectivity index (χ2v) is 11.1. The van der Waals surface area contributed by atoms with Crippen molar-refractivity contribution >= 4 is 23.3 Å². The van der Waals surface area contributed by atoms with E-state index >= 15 is 0 Å². The van der Waals surface area contributed by atoms with E-state index in [0.717, 1.165) is 16.7 Å². The molecule has 0 aromatic heterocycles. The van der Waals surface area contributed by atoms with Crippen molar-refractivity contribution in [2.75, 3.05) is 10.6 Å². The third-order valence-corrected chi connectivity index (χ3v) is 7.22. The highest BCUT2D eigenvalue weighted by atomic mass is 19.3. The number of carbonyl (C=O) groups is 2. The summed E-state index contributed by atoms with van der Waals surface area (Å²) < 4.78 is 33.9. The number of aryl methyl sites for hydroxylation is 1. The summed E-state index contributed by atoms with van der Waals surface area (Å²) in [4.78, 5) is 25.8. The van der Waals surface area contributed by atoms with Crippen molar-refractivity contribution in [2.45, 2.75) is 90.4 Å². The molecule has 0 unspecified atom stereocenters. The molecule has 194 valence electrons. The Morgan fingerprint density at radius 3 is 2.11 bits per heavy atom. The second-order valence-electron chi connectivity index (χ2n) is 11.1. The lowest BCUT2D eigenvalue weighted by molar-refractivity contribution is -0.160. The van der Waals surface area contributed by atoms with Crippen LogP contribution in [0.3, 0.4) is 0 Å². The maximum atomic E-state index is 14.0. The van der Waals surface area contributed by atoms with E-state index in [1.807, 2.05) is 38.1 Å². The van der Waals surface area contributed by atoms with E-state index < -0.39 is 29.1 Å². The van der Waals surface area contributed by atoms with Crippen LogP contribution in [0.5, 0.6) is 0 Å². The molecule has 0 bridgehead atoms. The molecule has 1 amide bonds. The second kappa shape index (κ2) is 8.83. The van der Waals surface area contributed by atoms with Crippen LogP contribution in [-0.4, -0.2) is 34.0 Å². The van der Waals surface area contributed by atoms with E-state index in [9.17, 15) is 23.5 Å². The summed E-state index contributed by atoms with van der Waals surface area (Å²) >= 11 is 0. The lowest BCUT2D eigenvalue weighted by Crippen LogP contribution is -2.56. The van der Waals surface area contributed by atoms with Gasteiger partial charge in [0, 0.05) is 18.4 Å². The molecule has 8 heteroatoms. The largest absolute Gasteiger partial charge is 0.479 e. The van der Waals surface area contributed by atoms with E-state index in [1.54, 1.807) is 27.7 Å². The molecule has 2 aromatic rings. The highest BCUT2D eigenvalue weighted by molar-refractivity contribution is 6.09. The van der Waals surface area contributed by atoms with Crippen LogP contribution in [0.15, 0.2) is 24.3 Å². The van der Waals surface area contributed by atoms with E-state index in [4.69, 9.17) is 4.74 Å². The quantitative estimate of drug-likeness (QED) is 0.444. The Balaban J connectivity index is 1.95. The molecule has 36 heavy (non-hydrogen) atoms. The molecule has 1 heterocycles. The predicted octanol–water partition coefficient (Wildman–Crippen LogP) is 6.53. The lowest BCUT2D eigenvalue weighted by atomic mass is 9.76. The summed E-state index contributed by atoms with van der Waals surface area (Å²) in [6.45, 7) is 11.0. The van der Waals surface area contributed by atoms with Crippen molar-refractivity contribution in [3.8, 4) is 11.1 Å². The molecule has 1 saturated carbocycles. The molecular formula is C28H34F2N2O4. The van der Waals surface area contributed by atoms with Gasteiger partial charge in [-0.05, 0) is 76.6 Å². The Morgan fingerprint density at radius 1 is 1.00 bits per heavy atom. The lowest BCUT2D eigenvalue weighted by Gasteiger charge is -2.44. The van der Waals surface area contributed by atoms with Crippen LogP contribution in [0.4, 0.5) is 20.2 Å². The maximum absolute atomic E-state index is 14.0. The Bertz CT molecular complexity index is 1210. The summed E-state index contributed by atoms with van der Waals surface area (Å²) in [6, 6.07) is 7.77. The molecule has 0 radical (unpaired) electrons. The van der Waals surface area contributed by atoms with Crippen molar-refractivity contribution in [2.24, 2.45) is 0 Å². The topological polar surface area (TPSA) is 87.7 Å². The van der Waals surface area contributed by atoms with Gasteiger partial charge in [0.15, 0.2) is 6.10 Å². The van der Waals surface area contributed by atoms with Crippen LogP contribution >= 0.6 is 0 Å². The molecule has 2 aliphatic rings. The van der Waals surface area contributed by atoms with Gasteiger partial charge < -0.3 is 20.5 Å². The number of benzene rings is 2. The number of carbonyl (C=O) groups excluding carboxylic acids is 1. The molecule has 3 N–H and O–H groups in total.